The number of nitrogens with zero attached hydrogens (tertiary/aromatic N) is 3. The minimum Gasteiger partial charge on any atom is -0.353 e. The number of anilines is 1. The minimum absolute atomic E-state index is 0.0158. The summed E-state index contributed by atoms with van der Waals surface area (Å²) in [5, 5.41) is 3.06. The molecule has 2 heterocycles. The van der Waals surface area contributed by atoms with E-state index >= 15 is 0 Å². The second kappa shape index (κ2) is 3.79. The SMILES string of the molecule is O=C1CN(c2nccnc2Cl)CCN1. The molecule has 1 fully saturated rings. The molecule has 6 heteroatoms. The van der Waals surface area contributed by atoms with Crippen LogP contribution in [0.15, 0.2) is 12.4 Å². The third kappa shape index (κ3) is 1.77. The van der Waals surface area contributed by atoms with Crippen LogP contribution in [0.5, 0.6) is 0 Å². The first-order valence-corrected chi connectivity index (χ1v) is 4.63. The van der Waals surface area contributed by atoms with Crippen molar-refractivity contribution in [3.8, 4) is 0 Å². The Morgan fingerprint density at radius 2 is 2.21 bits per heavy atom. The highest BCUT2D eigenvalue weighted by Crippen LogP contribution is 2.19. The zero-order chi connectivity index (χ0) is 9.97. The Labute approximate surface area is 86.1 Å². The van der Waals surface area contributed by atoms with Crippen LogP contribution in [0.25, 0.3) is 0 Å². The van der Waals surface area contributed by atoms with E-state index in [1.54, 1.807) is 6.20 Å². The molecule has 0 aliphatic carbocycles. The molecule has 14 heavy (non-hydrogen) atoms. The number of hydrogen-bond donors (Lipinski definition) is 1. The largest absolute Gasteiger partial charge is 0.353 e. The topological polar surface area (TPSA) is 58.1 Å². The molecule has 0 aromatic carbocycles. The average Bonchev–Trinajstić information content (AvgIpc) is 2.18. The van der Waals surface area contributed by atoms with E-state index in [1.807, 2.05) is 4.90 Å². The molecule has 0 bridgehead atoms. The fraction of sp³-hybridized carbons (Fsp3) is 0.375. The second-order valence-corrected chi connectivity index (χ2v) is 3.30. The maximum Gasteiger partial charge on any atom is 0.239 e. The van der Waals surface area contributed by atoms with Crippen LogP contribution in [0.1, 0.15) is 0 Å². The Bertz CT molecular complexity index is 357. The normalized spacial score (nSPS) is 16.6. The Balaban J connectivity index is 2.22. The zero-order valence-electron chi connectivity index (χ0n) is 7.40. The number of hydrogen-bond acceptors (Lipinski definition) is 4. The molecule has 1 aliphatic heterocycles. The number of carbonyl (C=O) groups excluding carboxylic acids is 1. The van der Waals surface area contributed by atoms with Crippen LogP contribution in [0, 0.1) is 0 Å². The predicted molar refractivity (Wildman–Crippen MR) is 52.3 cm³/mol. The van der Waals surface area contributed by atoms with Crippen molar-refractivity contribution in [2.24, 2.45) is 0 Å². The Morgan fingerprint density at radius 3 is 2.93 bits per heavy atom. The zero-order valence-corrected chi connectivity index (χ0v) is 8.16. The van der Waals surface area contributed by atoms with E-state index in [2.05, 4.69) is 15.3 Å². The smallest absolute Gasteiger partial charge is 0.239 e. The van der Waals surface area contributed by atoms with Crippen molar-refractivity contribution in [1.82, 2.24) is 15.3 Å². The van der Waals surface area contributed by atoms with Crippen LogP contribution in [-0.4, -0.2) is 35.5 Å². The third-order valence-electron chi connectivity index (χ3n) is 1.97. The van der Waals surface area contributed by atoms with E-state index in [-0.39, 0.29) is 5.91 Å². The number of nitrogens with one attached hydrogen (secondary N) is 1. The standard InChI is InChI=1S/C8H9ClN4O/c9-7-8(12-2-1-11-7)13-4-3-10-6(14)5-13/h1-2H,3-5H2,(H,10,14). The van der Waals surface area contributed by atoms with Gasteiger partial charge in [0.25, 0.3) is 0 Å². The van der Waals surface area contributed by atoms with Gasteiger partial charge in [0.05, 0.1) is 6.54 Å². The predicted octanol–water partition coefficient (Wildman–Crippen LogP) is 0.0662. The fourth-order valence-electron chi connectivity index (χ4n) is 1.35. The summed E-state index contributed by atoms with van der Waals surface area (Å²) in [5.41, 5.74) is 0. The molecule has 1 amide bonds. The van der Waals surface area contributed by atoms with Gasteiger partial charge < -0.3 is 10.2 Å². The highest BCUT2D eigenvalue weighted by molar-refractivity contribution is 6.31. The molecule has 1 saturated heterocycles. The lowest BCUT2D eigenvalue weighted by atomic mass is 10.3. The summed E-state index contributed by atoms with van der Waals surface area (Å²) in [6, 6.07) is 0. The monoisotopic (exact) mass is 212 g/mol. The number of amides is 1. The molecule has 0 unspecified atom stereocenters. The lowest BCUT2D eigenvalue weighted by molar-refractivity contribution is -0.120. The van der Waals surface area contributed by atoms with Crippen molar-refractivity contribution in [1.29, 1.82) is 0 Å². The molecule has 1 aromatic heterocycles. The molecule has 2 rings (SSSR count). The first kappa shape index (κ1) is 9.21. The van der Waals surface area contributed by atoms with Gasteiger partial charge in [-0.3, -0.25) is 4.79 Å². The maximum atomic E-state index is 11.1. The summed E-state index contributed by atoms with van der Waals surface area (Å²) >= 11 is 5.86. The number of aromatic nitrogens is 2. The summed E-state index contributed by atoms with van der Waals surface area (Å²) in [6.45, 7) is 1.62. The van der Waals surface area contributed by atoms with E-state index in [9.17, 15) is 4.79 Å². The van der Waals surface area contributed by atoms with E-state index in [1.165, 1.54) is 6.20 Å². The van der Waals surface area contributed by atoms with Crippen LogP contribution in [0.4, 0.5) is 5.82 Å². The van der Waals surface area contributed by atoms with E-state index in [4.69, 9.17) is 11.6 Å². The molecule has 1 aromatic rings. The molecular formula is C8H9ClN4O. The molecule has 0 saturated carbocycles. The summed E-state index contributed by atoms with van der Waals surface area (Å²) in [6.07, 6.45) is 3.09. The van der Waals surface area contributed by atoms with Gasteiger partial charge in [-0.05, 0) is 0 Å². The van der Waals surface area contributed by atoms with Gasteiger partial charge in [-0.15, -0.1) is 0 Å². The highest BCUT2D eigenvalue weighted by Gasteiger charge is 2.19. The Morgan fingerprint density at radius 1 is 1.43 bits per heavy atom. The molecule has 0 radical (unpaired) electrons. The van der Waals surface area contributed by atoms with E-state index in [0.29, 0.717) is 30.6 Å². The van der Waals surface area contributed by atoms with Gasteiger partial charge in [0.15, 0.2) is 11.0 Å². The van der Waals surface area contributed by atoms with Crippen molar-refractivity contribution in [2.75, 3.05) is 24.5 Å². The molecular weight excluding hydrogens is 204 g/mol. The van der Waals surface area contributed by atoms with Crippen molar-refractivity contribution in [3.05, 3.63) is 17.5 Å². The van der Waals surface area contributed by atoms with Gasteiger partial charge in [0, 0.05) is 25.5 Å². The summed E-state index contributed by atoms with van der Waals surface area (Å²) in [4.78, 5) is 20.9. The van der Waals surface area contributed by atoms with E-state index < -0.39 is 0 Å². The average molecular weight is 213 g/mol. The maximum absolute atomic E-state index is 11.1. The number of halogens is 1. The summed E-state index contributed by atoms with van der Waals surface area (Å²) in [5.74, 6) is 0.557. The van der Waals surface area contributed by atoms with Gasteiger partial charge in [-0.1, -0.05) is 11.6 Å². The Hall–Kier alpha value is -1.36. The molecule has 74 valence electrons. The van der Waals surface area contributed by atoms with Crippen molar-refractivity contribution in [3.63, 3.8) is 0 Å². The number of piperazine rings is 1. The quantitative estimate of drug-likeness (QED) is 0.716. The molecule has 0 spiro atoms. The summed E-state index contributed by atoms with van der Waals surface area (Å²) < 4.78 is 0. The second-order valence-electron chi connectivity index (χ2n) is 2.94. The fourth-order valence-corrected chi connectivity index (χ4v) is 1.57. The van der Waals surface area contributed by atoms with Crippen LogP contribution in [0.2, 0.25) is 5.15 Å². The number of carbonyl (C=O) groups is 1. The number of rotatable bonds is 1. The van der Waals surface area contributed by atoms with Crippen LogP contribution < -0.4 is 10.2 Å². The molecule has 5 nitrogen and oxygen atoms in total. The van der Waals surface area contributed by atoms with Gasteiger partial charge in [0.1, 0.15) is 0 Å². The van der Waals surface area contributed by atoms with Gasteiger partial charge in [0.2, 0.25) is 5.91 Å². The van der Waals surface area contributed by atoms with Crippen molar-refractivity contribution < 1.29 is 4.79 Å². The van der Waals surface area contributed by atoms with Crippen molar-refractivity contribution >= 4 is 23.3 Å². The first-order chi connectivity index (χ1) is 6.77. The lowest BCUT2D eigenvalue weighted by Gasteiger charge is -2.27. The summed E-state index contributed by atoms with van der Waals surface area (Å²) in [7, 11) is 0. The van der Waals surface area contributed by atoms with E-state index in [0.717, 1.165) is 0 Å². The minimum atomic E-state index is -0.0158. The van der Waals surface area contributed by atoms with Gasteiger partial charge >= 0.3 is 0 Å². The highest BCUT2D eigenvalue weighted by atomic mass is 35.5. The van der Waals surface area contributed by atoms with Gasteiger partial charge in [-0.25, -0.2) is 9.97 Å². The van der Waals surface area contributed by atoms with Crippen molar-refractivity contribution in [2.45, 2.75) is 0 Å². The first-order valence-electron chi connectivity index (χ1n) is 4.25. The lowest BCUT2D eigenvalue weighted by Crippen LogP contribution is -2.48. The molecule has 1 N–H and O–H groups in total. The third-order valence-corrected chi connectivity index (χ3v) is 2.24. The Kier molecular flexibility index (Phi) is 2.49. The van der Waals surface area contributed by atoms with Crippen LogP contribution in [-0.2, 0) is 4.79 Å². The molecule has 0 atom stereocenters. The molecule has 1 aliphatic rings. The van der Waals surface area contributed by atoms with Gasteiger partial charge in [-0.2, -0.15) is 0 Å². The van der Waals surface area contributed by atoms with Crippen LogP contribution in [0.3, 0.4) is 0 Å². The van der Waals surface area contributed by atoms with Crippen LogP contribution >= 0.6 is 11.6 Å².